The smallest absolute Gasteiger partial charge is 0.135 e. The van der Waals surface area contributed by atoms with Crippen molar-refractivity contribution in [3.63, 3.8) is 0 Å². The standard InChI is InChI=1S/C12H25N2/c1-11-9-14(7-5-6-8-14)10-13(11)12(2,3)4/h11H,5-10H2,1-4H3/q+1. The molecule has 0 aromatic rings. The summed E-state index contributed by atoms with van der Waals surface area (Å²) in [5.41, 5.74) is 0.351. The van der Waals surface area contributed by atoms with Crippen molar-refractivity contribution in [2.45, 2.75) is 52.1 Å². The summed E-state index contributed by atoms with van der Waals surface area (Å²) in [5, 5.41) is 0. The first-order valence-electron chi connectivity index (χ1n) is 6.05. The fourth-order valence-corrected chi connectivity index (χ4v) is 3.38. The first-order valence-corrected chi connectivity index (χ1v) is 6.05. The summed E-state index contributed by atoms with van der Waals surface area (Å²) in [7, 11) is 0. The van der Waals surface area contributed by atoms with Crippen LogP contribution in [-0.2, 0) is 0 Å². The van der Waals surface area contributed by atoms with Crippen molar-refractivity contribution in [2.24, 2.45) is 0 Å². The molecular weight excluding hydrogens is 172 g/mol. The van der Waals surface area contributed by atoms with Crippen molar-refractivity contribution in [1.82, 2.24) is 4.90 Å². The van der Waals surface area contributed by atoms with Gasteiger partial charge in [0.25, 0.3) is 0 Å². The van der Waals surface area contributed by atoms with Crippen LogP contribution < -0.4 is 0 Å². The van der Waals surface area contributed by atoms with E-state index >= 15 is 0 Å². The predicted octanol–water partition coefficient (Wildman–Crippen LogP) is 2.06. The lowest BCUT2D eigenvalue weighted by atomic mass is 10.1. The largest absolute Gasteiger partial charge is 0.310 e. The normalized spacial score (nSPS) is 33.0. The zero-order valence-corrected chi connectivity index (χ0v) is 10.2. The van der Waals surface area contributed by atoms with E-state index in [-0.39, 0.29) is 0 Å². The van der Waals surface area contributed by atoms with Gasteiger partial charge in [0.15, 0.2) is 0 Å². The quantitative estimate of drug-likeness (QED) is 0.537. The van der Waals surface area contributed by atoms with E-state index in [1.807, 2.05) is 0 Å². The lowest BCUT2D eigenvalue weighted by Crippen LogP contribution is -2.48. The van der Waals surface area contributed by atoms with Crippen LogP contribution in [0.25, 0.3) is 0 Å². The van der Waals surface area contributed by atoms with Gasteiger partial charge in [-0.3, -0.25) is 0 Å². The number of nitrogens with zero attached hydrogens (tertiary/aromatic N) is 2. The second kappa shape index (κ2) is 3.21. The minimum absolute atomic E-state index is 0.351. The van der Waals surface area contributed by atoms with Crippen LogP contribution in [0.5, 0.6) is 0 Å². The molecule has 2 fully saturated rings. The minimum Gasteiger partial charge on any atom is -0.310 e. The zero-order chi connectivity index (χ0) is 10.4. The van der Waals surface area contributed by atoms with E-state index in [4.69, 9.17) is 0 Å². The van der Waals surface area contributed by atoms with Crippen LogP contribution >= 0.6 is 0 Å². The van der Waals surface area contributed by atoms with Gasteiger partial charge in [0.1, 0.15) is 6.67 Å². The Balaban J connectivity index is 2.10. The molecule has 1 unspecified atom stereocenters. The molecule has 0 amide bonds. The van der Waals surface area contributed by atoms with Crippen LogP contribution in [0.15, 0.2) is 0 Å². The topological polar surface area (TPSA) is 3.24 Å². The summed E-state index contributed by atoms with van der Waals surface area (Å²) in [5.74, 6) is 0. The summed E-state index contributed by atoms with van der Waals surface area (Å²) in [6, 6.07) is 0.771. The van der Waals surface area contributed by atoms with E-state index in [9.17, 15) is 0 Å². The maximum atomic E-state index is 2.69. The summed E-state index contributed by atoms with van der Waals surface area (Å²) in [6.45, 7) is 15.0. The van der Waals surface area contributed by atoms with E-state index in [0.29, 0.717) is 5.54 Å². The first kappa shape index (κ1) is 10.4. The second-order valence-corrected chi connectivity index (χ2v) is 6.31. The van der Waals surface area contributed by atoms with E-state index < -0.39 is 0 Å². The van der Waals surface area contributed by atoms with Crippen LogP contribution in [0.1, 0.15) is 40.5 Å². The molecule has 1 atom stereocenters. The molecule has 0 aliphatic carbocycles. The van der Waals surface area contributed by atoms with Crippen molar-refractivity contribution in [2.75, 3.05) is 26.3 Å². The maximum Gasteiger partial charge on any atom is 0.135 e. The van der Waals surface area contributed by atoms with E-state index in [1.54, 1.807) is 0 Å². The number of rotatable bonds is 0. The van der Waals surface area contributed by atoms with E-state index in [2.05, 4.69) is 32.6 Å². The highest BCUT2D eigenvalue weighted by molar-refractivity contribution is 4.84. The third-order valence-electron chi connectivity index (χ3n) is 4.01. The lowest BCUT2D eigenvalue weighted by molar-refractivity contribution is -0.910. The molecule has 0 N–H and O–H groups in total. The molecule has 0 saturated carbocycles. The van der Waals surface area contributed by atoms with Crippen LogP contribution in [0.2, 0.25) is 0 Å². The number of quaternary nitrogens is 1. The average Bonchev–Trinajstić information content (AvgIpc) is 2.59. The fraction of sp³-hybridized carbons (Fsp3) is 1.00. The monoisotopic (exact) mass is 197 g/mol. The van der Waals surface area contributed by atoms with Crippen molar-refractivity contribution in [3.05, 3.63) is 0 Å². The number of hydrogen-bond acceptors (Lipinski definition) is 1. The molecule has 0 radical (unpaired) electrons. The molecule has 2 nitrogen and oxygen atoms in total. The average molecular weight is 197 g/mol. The fourth-order valence-electron chi connectivity index (χ4n) is 3.38. The third kappa shape index (κ3) is 1.70. The van der Waals surface area contributed by atoms with Crippen molar-refractivity contribution < 1.29 is 4.48 Å². The zero-order valence-electron chi connectivity index (χ0n) is 10.2. The Bertz CT molecular complexity index is 211. The van der Waals surface area contributed by atoms with Gasteiger partial charge in [-0.2, -0.15) is 0 Å². The molecule has 2 aliphatic heterocycles. The molecule has 2 aliphatic rings. The molecule has 2 heteroatoms. The third-order valence-corrected chi connectivity index (χ3v) is 4.01. The molecule has 1 spiro atoms. The summed E-state index contributed by atoms with van der Waals surface area (Å²) < 4.78 is 1.39. The van der Waals surface area contributed by atoms with Crippen molar-refractivity contribution in [3.8, 4) is 0 Å². The Kier molecular flexibility index (Phi) is 2.39. The van der Waals surface area contributed by atoms with Gasteiger partial charge < -0.3 is 4.48 Å². The highest BCUT2D eigenvalue weighted by Crippen LogP contribution is 2.32. The van der Waals surface area contributed by atoms with Gasteiger partial charge in [-0.25, -0.2) is 4.90 Å². The Morgan fingerprint density at radius 1 is 1.14 bits per heavy atom. The summed E-state index contributed by atoms with van der Waals surface area (Å²) >= 11 is 0. The molecule has 0 aromatic heterocycles. The molecule has 0 bridgehead atoms. The molecule has 82 valence electrons. The molecule has 2 rings (SSSR count). The second-order valence-electron chi connectivity index (χ2n) is 6.31. The van der Waals surface area contributed by atoms with Gasteiger partial charge in [0.2, 0.25) is 0 Å². The van der Waals surface area contributed by atoms with E-state index in [1.165, 1.54) is 43.6 Å². The van der Waals surface area contributed by atoms with Gasteiger partial charge in [-0.1, -0.05) is 0 Å². The van der Waals surface area contributed by atoms with Gasteiger partial charge in [0.05, 0.1) is 25.7 Å². The SMILES string of the molecule is CC1C[N+]2(CCCC2)CN1C(C)(C)C. The Morgan fingerprint density at radius 3 is 2.14 bits per heavy atom. The van der Waals surface area contributed by atoms with Gasteiger partial charge in [0, 0.05) is 18.4 Å². The highest BCUT2D eigenvalue weighted by Gasteiger charge is 2.46. The number of hydrogen-bond donors (Lipinski definition) is 0. The van der Waals surface area contributed by atoms with Gasteiger partial charge in [-0.05, 0) is 27.7 Å². The Morgan fingerprint density at radius 2 is 1.71 bits per heavy atom. The summed E-state index contributed by atoms with van der Waals surface area (Å²) in [6.07, 6.45) is 2.90. The predicted molar refractivity (Wildman–Crippen MR) is 60.0 cm³/mol. The molecule has 2 saturated heterocycles. The first-order chi connectivity index (χ1) is 6.43. The van der Waals surface area contributed by atoms with Crippen LogP contribution in [0.4, 0.5) is 0 Å². The van der Waals surface area contributed by atoms with Gasteiger partial charge in [-0.15, -0.1) is 0 Å². The Hall–Kier alpha value is -0.0800. The molecule has 14 heavy (non-hydrogen) atoms. The van der Waals surface area contributed by atoms with Crippen molar-refractivity contribution in [1.29, 1.82) is 0 Å². The van der Waals surface area contributed by atoms with Crippen LogP contribution in [0.3, 0.4) is 0 Å². The molecular formula is C12H25N2+. The lowest BCUT2D eigenvalue weighted by Gasteiger charge is -2.34. The maximum absolute atomic E-state index is 2.69. The van der Waals surface area contributed by atoms with Crippen LogP contribution in [0, 0.1) is 0 Å². The molecule has 0 aromatic carbocycles. The minimum atomic E-state index is 0.351. The molecule has 2 heterocycles. The van der Waals surface area contributed by atoms with E-state index in [0.717, 1.165) is 6.04 Å². The Labute approximate surface area is 88.5 Å². The van der Waals surface area contributed by atoms with Gasteiger partial charge >= 0.3 is 0 Å². The van der Waals surface area contributed by atoms with Crippen LogP contribution in [-0.4, -0.2) is 47.3 Å². The highest BCUT2D eigenvalue weighted by atomic mass is 15.5. The van der Waals surface area contributed by atoms with Crippen molar-refractivity contribution >= 4 is 0 Å². The summed E-state index contributed by atoms with van der Waals surface area (Å²) in [4.78, 5) is 2.69.